The fraction of sp³-hybridized carbons (Fsp3) is 0.261. The first-order valence-electron chi connectivity index (χ1n) is 10.4. The second-order valence-electron chi connectivity index (χ2n) is 7.76. The number of anilines is 2. The number of carbonyl (C=O) groups is 2. The molecule has 10 heteroatoms. The molecule has 1 aliphatic rings. The summed E-state index contributed by atoms with van der Waals surface area (Å²) in [6, 6.07) is 10.3. The molecule has 2 N–H and O–H groups in total. The van der Waals surface area contributed by atoms with E-state index in [2.05, 4.69) is 15.7 Å². The third kappa shape index (κ3) is 5.35. The molecular weight excluding hydrogens is 432 g/mol. The number of nitrogens with one attached hydrogen (secondary N) is 2. The Morgan fingerprint density at radius 1 is 1.09 bits per heavy atom. The number of aromatic nitrogens is 2. The lowest BCUT2D eigenvalue weighted by Crippen LogP contribution is -2.41. The first-order chi connectivity index (χ1) is 15.9. The van der Waals surface area contributed by atoms with Crippen LogP contribution in [0.25, 0.3) is 0 Å². The number of likely N-dealkylation sites (tertiary alicyclic amines) is 1. The Hall–Kier alpha value is -3.79. The molecule has 3 aromatic rings. The molecule has 0 saturated carbocycles. The number of rotatable bonds is 6. The molecule has 0 bridgehead atoms. The lowest BCUT2D eigenvalue weighted by molar-refractivity contribution is 0.102. The number of hydrogen-bond donors (Lipinski definition) is 2. The highest BCUT2D eigenvalue weighted by atomic mass is 19.1. The van der Waals surface area contributed by atoms with E-state index >= 15 is 0 Å². The summed E-state index contributed by atoms with van der Waals surface area (Å²) < 4.78 is 33.5. The SMILES string of the molecule is COC[C@@H]1C[C@H](n2cc(NC(=O)c3cccc(F)c3)cn2)CN1C(=O)Nc1ccc(F)cc1. The molecule has 2 heterocycles. The average Bonchev–Trinajstić information content (AvgIpc) is 3.43. The van der Waals surface area contributed by atoms with Crippen molar-refractivity contribution in [3.05, 3.63) is 78.1 Å². The number of methoxy groups -OCH3 is 1. The Bertz CT molecular complexity index is 1140. The highest BCUT2D eigenvalue weighted by Gasteiger charge is 2.36. The summed E-state index contributed by atoms with van der Waals surface area (Å²) in [6.45, 7) is 0.720. The maximum Gasteiger partial charge on any atom is 0.322 e. The van der Waals surface area contributed by atoms with Crippen molar-refractivity contribution in [2.24, 2.45) is 0 Å². The van der Waals surface area contributed by atoms with E-state index in [9.17, 15) is 18.4 Å². The van der Waals surface area contributed by atoms with Crippen molar-refractivity contribution < 1.29 is 23.1 Å². The van der Waals surface area contributed by atoms with Gasteiger partial charge in [0.25, 0.3) is 5.91 Å². The third-order valence-electron chi connectivity index (χ3n) is 5.43. The molecule has 4 rings (SSSR count). The van der Waals surface area contributed by atoms with Gasteiger partial charge >= 0.3 is 6.03 Å². The van der Waals surface area contributed by atoms with Gasteiger partial charge in [0.2, 0.25) is 0 Å². The molecule has 2 atom stereocenters. The zero-order chi connectivity index (χ0) is 23.4. The van der Waals surface area contributed by atoms with Gasteiger partial charge in [0.15, 0.2) is 0 Å². The zero-order valence-corrected chi connectivity index (χ0v) is 17.9. The van der Waals surface area contributed by atoms with Gasteiger partial charge in [-0.05, 0) is 48.9 Å². The minimum absolute atomic E-state index is 0.135. The van der Waals surface area contributed by atoms with Crippen molar-refractivity contribution in [2.45, 2.75) is 18.5 Å². The Balaban J connectivity index is 1.42. The molecule has 1 aliphatic heterocycles. The molecule has 8 nitrogen and oxygen atoms in total. The number of amides is 3. The number of hydrogen-bond acceptors (Lipinski definition) is 4. The number of benzene rings is 2. The number of urea groups is 1. The molecule has 0 aliphatic carbocycles. The van der Waals surface area contributed by atoms with Crippen LogP contribution in [0.4, 0.5) is 25.0 Å². The Labute approximate surface area is 189 Å². The Morgan fingerprint density at radius 3 is 2.61 bits per heavy atom. The third-order valence-corrected chi connectivity index (χ3v) is 5.43. The number of carbonyl (C=O) groups excluding carboxylic acids is 2. The Kier molecular flexibility index (Phi) is 6.64. The van der Waals surface area contributed by atoms with Crippen molar-refractivity contribution in [1.29, 1.82) is 0 Å². The maximum absolute atomic E-state index is 13.4. The van der Waals surface area contributed by atoms with E-state index in [1.54, 1.807) is 22.9 Å². The van der Waals surface area contributed by atoms with Crippen LogP contribution in [0.5, 0.6) is 0 Å². The molecule has 3 amide bonds. The van der Waals surface area contributed by atoms with E-state index in [1.807, 2.05) is 0 Å². The predicted molar refractivity (Wildman–Crippen MR) is 118 cm³/mol. The summed E-state index contributed by atoms with van der Waals surface area (Å²) in [6.07, 6.45) is 3.78. The minimum Gasteiger partial charge on any atom is -0.383 e. The van der Waals surface area contributed by atoms with Crippen LogP contribution in [-0.2, 0) is 4.74 Å². The van der Waals surface area contributed by atoms with Gasteiger partial charge in [-0.2, -0.15) is 5.10 Å². The van der Waals surface area contributed by atoms with Crippen LogP contribution in [0.1, 0.15) is 22.8 Å². The van der Waals surface area contributed by atoms with Crippen LogP contribution in [0.2, 0.25) is 0 Å². The van der Waals surface area contributed by atoms with Crippen LogP contribution < -0.4 is 10.6 Å². The smallest absolute Gasteiger partial charge is 0.322 e. The largest absolute Gasteiger partial charge is 0.383 e. The van der Waals surface area contributed by atoms with Crippen LogP contribution in [0.15, 0.2) is 60.9 Å². The van der Waals surface area contributed by atoms with Gasteiger partial charge in [-0.15, -0.1) is 0 Å². The van der Waals surface area contributed by atoms with Crippen molar-refractivity contribution in [2.75, 3.05) is 30.9 Å². The lowest BCUT2D eigenvalue weighted by atomic mass is 10.2. The van der Waals surface area contributed by atoms with Crippen LogP contribution >= 0.6 is 0 Å². The van der Waals surface area contributed by atoms with E-state index < -0.39 is 11.7 Å². The topological polar surface area (TPSA) is 88.5 Å². The molecule has 1 saturated heterocycles. The predicted octanol–water partition coefficient (Wildman–Crippen LogP) is 3.91. The van der Waals surface area contributed by atoms with E-state index in [0.717, 1.165) is 6.07 Å². The fourth-order valence-corrected chi connectivity index (χ4v) is 3.85. The molecule has 0 spiro atoms. The van der Waals surface area contributed by atoms with Crippen LogP contribution in [-0.4, -0.2) is 52.9 Å². The van der Waals surface area contributed by atoms with Gasteiger partial charge < -0.3 is 20.3 Å². The summed E-state index contributed by atoms with van der Waals surface area (Å²) in [5.41, 5.74) is 1.15. The van der Waals surface area contributed by atoms with Gasteiger partial charge in [0.05, 0.1) is 30.6 Å². The molecule has 172 valence electrons. The van der Waals surface area contributed by atoms with Crippen molar-refractivity contribution in [3.63, 3.8) is 0 Å². The molecule has 2 aromatic carbocycles. The van der Waals surface area contributed by atoms with Crippen LogP contribution in [0, 0.1) is 11.6 Å². The van der Waals surface area contributed by atoms with Crippen molar-refractivity contribution >= 4 is 23.3 Å². The van der Waals surface area contributed by atoms with Gasteiger partial charge in [0.1, 0.15) is 11.6 Å². The van der Waals surface area contributed by atoms with Crippen molar-refractivity contribution in [1.82, 2.24) is 14.7 Å². The molecule has 33 heavy (non-hydrogen) atoms. The zero-order valence-electron chi connectivity index (χ0n) is 17.9. The normalized spacial score (nSPS) is 17.7. The highest BCUT2D eigenvalue weighted by Crippen LogP contribution is 2.29. The lowest BCUT2D eigenvalue weighted by Gasteiger charge is -2.24. The number of ether oxygens (including phenoxy) is 1. The van der Waals surface area contributed by atoms with Gasteiger partial charge in [-0.3, -0.25) is 9.48 Å². The summed E-state index contributed by atoms with van der Waals surface area (Å²) in [7, 11) is 1.57. The van der Waals surface area contributed by atoms with E-state index in [0.29, 0.717) is 30.9 Å². The molecule has 1 fully saturated rings. The Morgan fingerprint density at radius 2 is 1.88 bits per heavy atom. The van der Waals surface area contributed by atoms with Gasteiger partial charge in [-0.1, -0.05) is 6.07 Å². The van der Waals surface area contributed by atoms with Crippen molar-refractivity contribution in [3.8, 4) is 0 Å². The standard InChI is InChI=1S/C23H23F2N5O3/c1-33-14-21-10-20(13-29(21)23(32)28-18-7-5-16(24)6-8-18)30-12-19(11-26-30)27-22(31)15-3-2-4-17(25)9-15/h2-9,11-12,20-21H,10,13-14H2,1H3,(H,27,31)(H,28,32)/t20-,21-/m0/s1. The highest BCUT2D eigenvalue weighted by molar-refractivity contribution is 6.04. The van der Waals surface area contributed by atoms with E-state index in [4.69, 9.17) is 4.74 Å². The second-order valence-corrected chi connectivity index (χ2v) is 7.76. The number of nitrogens with zero attached hydrogens (tertiary/aromatic N) is 3. The molecule has 1 aromatic heterocycles. The summed E-state index contributed by atoms with van der Waals surface area (Å²) >= 11 is 0. The maximum atomic E-state index is 13.4. The average molecular weight is 455 g/mol. The first kappa shape index (κ1) is 22.4. The first-order valence-corrected chi connectivity index (χ1v) is 10.4. The minimum atomic E-state index is -0.493. The van der Waals surface area contributed by atoms with Gasteiger partial charge in [-0.25, -0.2) is 13.6 Å². The van der Waals surface area contributed by atoms with Gasteiger partial charge in [0, 0.05) is 31.1 Å². The van der Waals surface area contributed by atoms with E-state index in [1.165, 1.54) is 48.7 Å². The summed E-state index contributed by atoms with van der Waals surface area (Å²) in [5, 5.41) is 9.80. The number of halogens is 2. The quantitative estimate of drug-likeness (QED) is 0.590. The monoisotopic (exact) mass is 455 g/mol. The summed E-state index contributed by atoms with van der Waals surface area (Å²) in [5.74, 6) is -1.32. The summed E-state index contributed by atoms with van der Waals surface area (Å²) in [4.78, 5) is 26.9. The second kappa shape index (κ2) is 9.78. The molecule has 0 unspecified atom stereocenters. The molecular formula is C23H23F2N5O3. The molecule has 0 radical (unpaired) electrons. The fourth-order valence-electron chi connectivity index (χ4n) is 3.85. The van der Waals surface area contributed by atoms with Crippen LogP contribution in [0.3, 0.4) is 0 Å². The van der Waals surface area contributed by atoms with E-state index in [-0.39, 0.29) is 29.5 Å².